The molecule has 3 aromatic rings. The molecule has 6 nitrogen and oxygen atoms in total. The van der Waals surface area contributed by atoms with E-state index in [0.717, 1.165) is 16.8 Å². The highest BCUT2D eigenvalue weighted by atomic mass is 32.2. The molecule has 0 spiro atoms. The quantitative estimate of drug-likeness (QED) is 0.572. The maximum Gasteiger partial charge on any atom is 0.335 e. The number of aromatic carboxylic acids is 1. The first-order chi connectivity index (χ1) is 14.4. The number of furan rings is 1. The highest BCUT2D eigenvalue weighted by molar-refractivity contribution is 8.18. The van der Waals surface area contributed by atoms with Crippen LogP contribution >= 0.6 is 11.8 Å². The molecule has 0 unspecified atom stereocenters. The van der Waals surface area contributed by atoms with Gasteiger partial charge in [-0.25, -0.2) is 9.79 Å². The second-order valence-electron chi connectivity index (χ2n) is 6.92. The van der Waals surface area contributed by atoms with Gasteiger partial charge >= 0.3 is 5.97 Å². The van der Waals surface area contributed by atoms with Crippen molar-refractivity contribution in [3.05, 3.63) is 82.0 Å². The van der Waals surface area contributed by atoms with Gasteiger partial charge in [0.25, 0.3) is 5.91 Å². The number of carbonyl (C=O) groups is 2. The Morgan fingerprint density at radius 1 is 1.10 bits per heavy atom. The predicted octanol–water partition coefficient (Wildman–Crippen LogP) is 5.15. The van der Waals surface area contributed by atoms with Crippen LogP contribution in [0, 0.1) is 13.8 Å². The van der Waals surface area contributed by atoms with Crippen molar-refractivity contribution in [3.8, 4) is 11.3 Å². The normalized spacial score (nSPS) is 16.3. The zero-order valence-corrected chi connectivity index (χ0v) is 17.1. The monoisotopic (exact) mass is 418 g/mol. The summed E-state index contributed by atoms with van der Waals surface area (Å²) in [7, 11) is 0. The average molecular weight is 418 g/mol. The lowest BCUT2D eigenvalue weighted by atomic mass is 10.1. The van der Waals surface area contributed by atoms with Gasteiger partial charge in [0.05, 0.1) is 16.2 Å². The first kappa shape index (κ1) is 19.7. The molecular weight excluding hydrogens is 400 g/mol. The number of thioether (sulfide) groups is 1. The molecule has 0 saturated carbocycles. The van der Waals surface area contributed by atoms with Crippen LogP contribution in [0.5, 0.6) is 0 Å². The maximum atomic E-state index is 12.3. The second-order valence-corrected chi connectivity index (χ2v) is 7.95. The van der Waals surface area contributed by atoms with E-state index in [1.807, 2.05) is 26.0 Å². The number of amidine groups is 1. The Kier molecular flexibility index (Phi) is 5.29. The van der Waals surface area contributed by atoms with Crippen molar-refractivity contribution in [1.29, 1.82) is 0 Å². The predicted molar refractivity (Wildman–Crippen MR) is 118 cm³/mol. The van der Waals surface area contributed by atoms with Gasteiger partial charge in [0.2, 0.25) is 0 Å². The van der Waals surface area contributed by atoms with E-state index in [4.69, 9.17) is 9.52 Å². The van der Waals surface area contributed by atoms with Crippen molar-refractivity contribution in [2.24, 2.45) is 4.99 Å². The van der Waals surface area contributed by atoms with E-state index in [0.29, 0.717) is 27.2 Å². The third-order valence-corrected chi connectivity index (χ3v) is 5.29. The lowest BCUT2D eigenvalue weighted by Crippen LogP contribution is -2.19. The zero-order valence-electron chi connectivity index (χ0n) is 16.3. The van der Waals surface area contributed by atoms with Crippen LogP contribution in [0.3, 0.4) is 0 Å². The molecule has 1 saturated heterocycles. The molecule has 0 aliphatic carbocycles. The molecule has 30 heavy (non-hydrogen) atoms. The molecule has 2 aromatic carbocycles. The van der Waals surface area contributed by atoms with Gasteiger partial charge in [0.1, 0.15) is 11.5 Å². The number of aryl methyl sites for hydroxylation is 2. The topological polar surface area (TPSA) is 91.9 Å². The molecule has 2 heterocycles. The Hall–Kier alpha value is -3.58. The van der Waals surface area contributed by atoms with Crippen LogP contribution in [-0.2, 0) is 4.79 Å². The van der Waals surface area contributed by atoms with Crippen molar-refractivity contribution < 1.29 is 19.1 Å². The van der Waals surface area contributed by atoms with Crippen molar-refractivity contribution in [1.82, 2.24) is 5.32 Å². The minimum Gasteiger partial charge on any atom is -0.478 e. The molecule has 0 radical (unpaired) electrons. The van der Waals surface area contributed by atoms with Crippen LogP contribution in [0.1, 0.15) is 27.2 Å². The van der Waals surface area contributed by atoms with Crippen molar-refractivity contribution in [2.75, 3.05) is 0 Å². The molecule has 7 heteroatoms. The molecule has 0 bridgehead atoms. The Balaban J connectivity index is 1.56. The van der Waals surface area contributed by atoms with E-state index < -0.39 is 5.97 Å². The molecule has 1 aliphatic rings. The van der Waals surface area contributed by atoms with E-state index in [1.54, 1.807) is 36.4 Å². The highest BCUT2D eigenvalue weighted by Gasteiger charge is 2.24. The number of carbonyl (C=O) groups excluding carboxylic acids is 1. The molecule has 0 atom stereocenters. The number of amides is 1. The Morgan fingerprint density at radius 3 is 2.60 bits per heavy atom. The molecule has 1 aromatic heterocycles. The fourth-order valence-electron chi connectivity index (χ4n) is 3.13. The Labute approximate surface area is 177 Å². The van der Waals surface area contributed by atoms with Crippen molar-refractivity contribution in [3.63, 3.8) is 0 Å². The van der Waals surface area contributed by atoms with Gasteiger partial charge in [0, 0.05) is 11.6 Å². The molecule has 4 rings (SSSR count). The first-order valence-electron chi connectivity index (χ1n) is 9.19. The number of carboxylic acids is 1. The Morgan fingerprint density at radius 2 is 1.87 bits per heavy atom. The van der Waals surface area contributed by atoms with Gasteiger partial charge in [-0.2, -0.15) is 0 Å². The summed E-state index contributed by atoms with van der Waals surface area (Å²) in [5.41, 5.74) is 3.83. The minimum atomic E-state index is -1.000. The van der Waals surface area contributed by atoms with E-state index in [9.17, 15) is 9.59 Å². The van der Waals surface area contributed by atoms with Crippen LogP contribution in [-0.4, -0.2) is 22.2 Å². The van der Waals surface area contributed by atoms with E-state index in [2.05, 4.69) is 16.4 Å². The molecular formula is C23H18N2O4S. The number of nitrogens with one attached hydrogen (secondary N) is 1. The summed E-state index contributed by atoms with van der Waals surface area (Å²) in [4.78, 5) is 28.5. The highest BCUT2D eigenvalue weighted by Crippen LogP contribution is 2.30. The summed E-state index contributed by atoms with van der Waals surface area (Å²) in [6.07, 6.45) is 1.65. The summed E-state index contributed by atoms with van der Waals surface area (Å²) >= 11 is 1.24. The van der Waals surface area contributed by atoms with Crippen LogP contribution in [0.15, 0.2) is 68.9 Å². The summed E-state index contributed by atoms with van der Waals surface area (Å²) in [5, 5.41) is 12.4. The van der Waals surface area contributed by atoms with Gasteiger partial charge in [-0.15, -0.1) is 0 Å². The van der Waals surface area contributed by atoms with Gasteiger partial charge in [0.15, 0.2) is 5.17 Å². The van der Waals surface area contributed by atoms with E-state index in [-0.39, 0.29) is 11.5 Å². The van der Waals surface area contributed by atoms with Crippen LogP contribution in [0.2, 0.25) is 0 Å². The average Bonchev–Trinajstić information content (AvgIpc) is 3.28. The minimum absolute atomic E-state index is 0.182. The van der Waals surface area contributed by atoms with Crippen LogP contribution in [0.25, 0.3) is 17.4 Å². The molecule has 1 aliphatic heterocycles. The lowest BCUT2D eigenvalue weighted by Gasteiger charge is -2.00. The summed E-state index contributed by atoms with van der Waals surface area (Å²) in [6, 6.07) is 16.0. The fourth-order valence-corrected chi connectivity index (χ4v) is 3.96. The largest absolute Gasteiger partial charge is 0.478 e. The molecule has 1 fully saturated rings. The standard InChI is InChI=1S/C23H18N2O4S/c1-13-8-14(2)10-17(9-13)24-23-25-21(26)20(30-23)12-18-6-7-19(29-18)15-4-3-5-16(11-15)22(27)28/h3-12H,1-2H3,(H,27,28)(H,24,25,26)/b20-12+. The van der Waals surface area contributed by atoms with Crippen LogP contribution in [0.4, 0.5) is 5.69 Å². The zero-order chi connectivity index (χ0) is 21.3. The second kappa shape index (κ2) is 8.04. The summed E-state index contributed by atoms with van der Waals surface area (Å²) < 4.78 is 5.80. The van der Waals surface area contributed by atoms with Gasteiger partial charge < -0.3 is 14.8 Å². The summed E-state index contributed by atoms with van der Waals surface area (Å²) in [5.74, 6) is -0.220. The van der Waals surface area contributed by atoms with Gasteiger partial charge in [-0.05, 0) is 73.1 Å². The van der Waals surface area contributed by atoms with Gasteiger partial charge in [-0.3, -0.25) is 4.79 Å². The molecule has 2 N–H and O–H groups in total. The third-order valence-electron chi connectivity index (χ3n) is 4.38. The van der Waals surface area contributed by atoms with E-state index >= 15 is 0 Å². The lowest BCUT2D eigenvalue weighted by molar-refractivity contribution is -0.115. The number of rotatable bonds is 4. The Bertz CT molecular complexity index is 1200. The van der Waals surface area contributed by atoms with Crippen molar-refractivity contribution in [2.45, 2.75) is 13.8 Å². The fraction of sp³-hybridized carbons (Fsp3) is 0.0870. The van der Waals surface area contributed by atoms with Crippen LogP contribution < -0.4 is 5.32 Å². The van der Waals surface area contributed by atoms with E-state index in [1.165, 1.54) is 17.8 Å². The summed E-state index contributed by atoms with van der Waals surface area (Å²) in [6.45, 7) is 4.01. The SMILES string of the molecule is Cc1cc(C)cc(N=C2NC(=O)/C(=C\c3ccc(-c4cccc(C(=O)O)c4)o3)S2)c1. The first-order valence-corrected chi connectivity index (χ1v) is 10.0. The third kappa shape index (κ3) is 4.36. The number of aliphatic imine (C=N–C) groups is 1. The van der Waals surface area contributed by atoms with Crippen molar-refractivity contribution >= 4 is 40.6 Å². The smallest absolute Gasteiger partial charge is 0.335 e. The molecule has 150 valence electrons. The number of hydrogen-bond acceptors (Lipinski definition) is 5. The number of hydrogen-bond donors (Lipinski definition) is 2. The number of nitrogens with zero attached hydrogens (tertiary/aromatic N) is 1. The number of benzene rings is 2. The van der Waals surface area contributed by atoms with Gasteiger partial charge in [-0.1, -0.05) is 18.2 Å². The maximum absolute atomic E-state index is 12.3. The number of carboxylic acid groups (broad SMARTS) is 1. The molecule has 1 amide bonds.